The van der Waals surface area contributed by atoms with E-state index < -0.39 is 0 Å². The number of carbonyl (C=O) groups is 1. The molecule has 0 spiro atoms. The van der Waals surface area contributed by atoms with Gasteiger partial charge in [0, 0.05) is 38.3 Å². The molecule has 29 heavy (non-hydrogen) atoms. The Morgan fingerprint density at radius 2 is 1.72 bits per heavy atom. The first-order valence-electron chi connectivity index (χ1n) is 10.6. The minimum absolute atomic E-state index is 0.0926. The van der Waals surface area contributed by atoms with E-state index in [4.69, 9.17) is 4.74 Å². The zero-order chi connectivity index (χ0) is 20.6. The van der Waals surface area contributed by atoms with E-state index in [1.54, 1.807) is 7.11 Å². The van der Waals surface area contributed by atoms with Crippen molar-refractivity contribution in [3.8, 4) is 5.75 Å². The highest BCUT2D eigenvalue weighted by Gasteiger charge is 2.19. The molecule has 1 saturated heterocycles. The van der Waals surface area contributed by atoms with Gasteiger partial charge in [0.25, 0.3) is 0 Å². The molecule has 0 unspecified atom stereocenters. The molecule has 1 aliphatic rings. The van der Waals surface area contributed by atoms with Crippen LogP contribution in [0.15, 0.2) is 48.5 Å². The van der Waals surface area contributed by atoms with Gasteiger partial charge in [0.15, 0.2) is 0 Å². The Kier molecular flexibility index (Phi) is 7.53. The predicted molar refractivity (Wildman–Crippen MR) is 120 cm³/mol. The summed E-state index contributed by atoms with van der Waals surface area (Å²) in [5.41, 5.74) is 3.33. The number of methoxy groups -OCH3 is 1. The van der Waals surface area contributed by atoms with Gasteiger partial charge in [-0.1, -0.05) is 38.1 Å². The van der Waals surface area contributed by atoms with Crippen molar-refractivity contribution in [1.29, 1.82) is 0 Å². The molecule has 0 saturated carbocycles. The molecule has 2 aromatic rings. The normalized spacial score (nSPS) is 14.8. The SMILES string of the molecule is COc1ccccc1N1CCN(CCCC(=O)Nc2ccc(C(C)C)cc2)CC1. The van der Waals surface area contributed by atoms with Gasteiger partial charge >= 0.3 is 0 Å². The molecule has 5 heteroatoms. The summed E-state index contributed by atoms with van der Waals surface area (Å²) in [6, 6.07) is 16.3. The standard InChI is InChI=1S/C24H33N3O2/c1-19(2)20-10-12-21(13-11-20)25-24(28)9-6-14-26-15-17-27(18-16-26)22-7-4-5-8-23(22)29-3/h4-5,7-8,10-13,19H,6,9,14-18H2,1-3H3,(H,25,28). The van der Waals surface area contributed by atoms with Crippen LogP contribution in [-0.4, -0.2) is 50.6 Å². The summed E-state index contributed by atoms with van der Waals surface area (Å²) in [6.45, 7) is 9.28. The molecule has 0 aromatic heterocycles. The lowest BCUT2D eigenvalue weighted by Gasteiger charge is -2.36. The Morgan fingerprint density at radius 3 is 2.38 bits per heavy atom. The summed E-state index contributed by atoms with van der Waals surface area (Å²) in [4.78, 5) is 17.0. The van der Waals surface area contributed by atoms with E-state index in [1.165, 1.54) is 5.56 Å². The van der Waals surface area contributed by atoms with Gasteiger partial charge in [0.1, 0.15) is 5.75 Å². The van der Waals surface area contributed by atoms with Gasteiger partial charge < -0.3 is 15.0 Å². The molecule has 3 rings (SSSR count). The summed E-state index contributed by atoms with van der Waals surface area (Å²) in [5.74, 6) is 1.53. The van der Waals surface area contributed by atoms with Gasteiger partial charge in [0.2, 0.25) is 5.91 Å². The van der Waals surface area contributed by atoms with Crippen molar-refractivity contribution in [2.24, 2.45) is 0 Å². The highest BCUT2D eigenvalue weighted by molar-refractivity contribution is 5.90. The average molecular weight is 396 g/mol. The second-order valence-electron chi connectivity index (χ2n) is 7.93. The van der Waals surface area contributed by atoms with Crippen LogP contribution in [0.4, 0.5) is 11.4 Å². The maximum atomic E-state index is 12.2. The molecular formula is C24H33N3O2. The monoisotopic (exact) mass is 395 g/mol. The van der Waals surface area contributed by atoms with E-state index in [1.807, 2.05) is 24.3 Å². The molecule has 1 amide bonds. The highest BCUT2D eigenvalue weighted by atomic mass is 16.5. The zero-order valence-corrected chi connectivity index (χ0v) is 17.9. The van der Waals surface area contributed by atoms with E-state index in [2.05, 4.69) is 53.2 Å². The third-order valence-electron chi connectivity index (χ3n) is 5.54. The number of ether oxygens (including phenoxy) is 1. The fraction of sp³-hybridized carbons (Fsp3) is 0.458. The van der Waals surface area contributed by atoms with Crippen molar-refractivity contribution >= 4 is 17.3 Å². The quantitative estimate of drug-likeness (QED) is 0.721. The summed E-state index contributed by atoms with van der Waals surface area (Å²) >= 11 is 0. The third kappa shape index (κ3) is 5.97. The largest absolute Gasteiger partial charge is 0.495 e. The van der Waals surface area contributed by atoms with Crippen molar-refractivity contribution in [2.75, 3.05) is 50.1 Å². The Hall–Kier alpha value is -2.53. The van der Waals surface area contributed by atoms with Gasteiger partial charge in [-0.3, -0.25) is 9.69 Å². The number of piperazine rings is 1. The van der Waals surface area contributed by atoms with Gasteiger partial charge in [0.05, 0.1) is 12.8 Å². The van der Waals surface area contributed by atoms with E-state index in [0.29, 0.717) is 12.3 Å². The number of hydrogen-bond acceptors (Lipinski definition) is 4. The number of rotatable bonds is 8. The van der Waals surface area contributed by atoms with Gasteiger partial charge in [-0.15, -0.1) is 0 Å². The molecule has 156 valence electrons. The topological polar surface area (TPSA) is 44.8 Å². The van der Waals surface area contributed by atoms with E-state index in [-0.39, 0.29) is 5.91 Å². The Balaban J connectivity index is 1.37. The molecule has 1 fully saturated rings. The molecular weight excluding hydrogens is 362 g/mol. The van der Waals surface area contributed by atoms with Crippen molar-refractivity contribution in [2.45, 2.75) is 32.6 Å². The maximum absolute atomic E-state index is 12.2. The minimum atomic E-state index is 0.0926. The Morgan fingerprint density at radius 1 is 1.03 bits per heavy atom. The van der Waals surface area contributed by atoms with Gasteiger partial charge in [-0.05, 0) is 48.7 Å². The lowest BCUT2D eigenvalue weighted by Crippen LogP contribution is -2.46. The molecule has 0 bridgehead atoms. The molecule has 0 radical (unpaired) electrons. The predicted octanol–water partition coefficient (Wildman–Crippen LogP) is 4.36. The van der Waals surface area contributed by atoms with Gasteiger partial charge in [-0.2, -0.15) is 0 Å². The first-order chi connectivity index (χ1) is 14.1. The van der Waals surface area contributed by atoms with Crippen LogP contribution in [0.2, 0.25) is 0 Å². The maximum Gasteiger partial charge on any atom is 0.224 e. The number of hydrogen-bond donors (Lipinski definition) is 1. The zero-order valence-electron chi connectivity index (χ0n) is 17.9. The van der Waals surface area contributed by atoms with Crippen LogP contribution < -0.4 is 15.0 Å². The van der Waals surface area contributed by atoms with E-state index >= 15 is 0 Å². The smallest absolute Gasteiger partial charge is 0.224 e. The number of carbonyl (C=O) groups excluding carboxylic acids is 1. The molecule has 1 N–H and O–H groups in total. The van der Waals surface area contributed by atoms with Crippen LogP contribution in [0, 0.1) is 0 Å². The van der Waals surface area contributed by atoms with Crippen LogP contribution in [-0.2, 0) is 4.79 Å². The van der Waals surface area contributed by atoms with Gasteiger partial charge in [-0.25, -0.2) is 0 Å². The second-order valence-corrected chi connectivity index (χ2v) is 7.93. The molecule has 5 nitrogen and oxygen atoms in total. The molecule has 0 aliphatic carbocycles. The van der Waals surface area contributed by atoms with E-state index in [9.17, 15) is 4.79 Å². The van der Waals surface area contributed by atoms with Crippen LogP contribution in [0.1, 0.15) is 38.2 Å². The van der Waals surface area contributed by atoms with Crippen molar-refractivity contribution in [3.05, 3.63) is 54.1 Å². The van der Waals surface area contributed by atoms with Crippen LogP contribution in [0.25, 0.3) is 0 Å². The average Bonchev–Trinajstić information content (AvgIpc) is 2.74. The second kappa shape index (κ2) is 10.3. The van der Waals surface area contributed by atoms with Crippen LogP contribution in [0.3, 0.4) is 0 Å². The summed E-state index contributed by atoms with van der Waals surface area (Å²) in [5, 5.41) is 3.01. The fourth-order valence-electron chi connectivity index (χ4n) is 3.74. The van der Waals surface area contributed by atoms with Crippen LogP contribution in [0.5, 0.6) is 5.75 Å². The van der Waals surface area contributed by atoms with Crippen molar-refractivity contribution in [1.82, 2.24) is 4.90 Å². The number of nitrogens with one attached hydrogen (secondary N) is 1. The number of amides is 1. The lowest BCUT2D eigenvalue weighted by molar-refractivity contribution is -0.116. The Bertz CT molecular complexity index is 781. The van der Waals surface area contributed by atoms with E-state index in [0.717, 1.165) is 56.3 Å². The lowest BCUT2D eigenvalue weighted by atomic mass is 10.0. The molecule has 1 heterocycles. The van der Waals surface area contributed by atoms with Crippen molar-refractivity contribution in [3.63, 3.8) is 0 Å². The summed E-state index contributed by atoms with van der Waals surface area (Å²) in [7, 11) is 1.72. The molecule has 1 aliphatic heterocycles. The first-order valence-corrected chi connectivity index (χ1v) is 10.6. The molecule has 2 aromatic carbocycles. The first kappa shape index (κ1) is 21.2. The van der Waals surface area contributed by atoms with Crippen LogP contribution >= 0.6 is 0 Å². The number of benzene rings is 2. The number of para-hydroxylation sites is 2. The number of nitrogens with zero attached hydrogens (tertiary/aromatic N) is 2. The fourth-order valence-corrected chi connectivity index (χ4v) is 3.74. The van der Waals surface area contributed by atoms with Crippen molar-refractivity contribution < 1.29 is 9.53 Å². The highest BCUT2D eigenvalue weighted by Crippen LogP contribution is 2.28. The summed E-state index contributed by atoms with van der Waals surface area (Å²) < 4.78 is 5.48. The Labute approximate surface area is 174 Å². The summed E-state index contributed by atoms with van der Waals surface area (Å²) in [6.07, 6.45) is 1.43. The minimum Gasteiger partial charge on any atom is -0.495 e. The molecule has 0 atom stereocenters. The number of anilines is 2. The third-order valence-corrected chi connectivity index (χ3v) is 5.54.